The zero-order chi connectivity index (χ0) is 11.0. The van der Waals surface area contributed by atoms with Crippen molar-refractivity contribution in [3.8, 4) is 0 Å². The lowest BCUT2D eigenvalue weighted by atomic mass is 10.1. The van der Waals surface area contributed by atoms with Crippen LogP contribution >= 0.6 is 15.9 Å². The maximum Gasteiger partial charge on any atom is 0.190 e. The zero-order valence-corrected chi connectivity index (χ0v) is 9.59. The first-order valence-corrected chi connectivity index (χ1v) is 5.21. The summed E-state index contributed by atoms with van der Waals surface area (Å²) in [5.74, 6) is -0.107. The lowest BCUT2D eigenvalue weighted by Crippen LogP contribution is -2.06. The number of nitrogens with one attached hydrogen (secondary N) is 1. The van der Waals surface area contributed by atoms with Crippen LogP contribution in [0, 0.1) is 0 Å². The third-order valence-electron chi connectivity index (χ3n) is 2.24. The minimum absolute atomic E-state index is 0.107. The van der Waals surface area contributed by atoms with Crippen molar-refractivity contribution in [1.29, 1.82) is 0 Å². The lowest BCUT2D eigenvalue weighted by Gasteiger charge is -2.04. The third-order valence-corrected chi connectivity index (χ3v) is 2.90. The fraction of sp³-hybridized carbons (Fsp3) is 0.0909. The molecular formula is C11H8BrNO2. The third kappa shape index (κ3) is 1.61. The zero-order valence-electron chi connectivity index (χ0n) is 8.00. The minimum Gasteiger partial charge on any atom is -0.360 e. The molecule has 0 saturated heterocycles. The van der Waals surface area contributed by atoms with Gasteiger partial charge in [0, 0.05) is 22.3 Å². The standard InChI is InChI=1S/C11H8BrNO2/c1-6(14)7-2-3-8(12)11-10(7)9(15)4-5-13-11/h2-5H,1H3,(H,13,15). The Morgan fingerprint density at radius 1 is 1.33 bits per heavy atom. The van der Waals surface area contributed by atoms with Crippen LogP contribution in [-0.4, -0.2) is 10.8 Å². The molecule has 76 valence electrons. The van der Waals surface area contributed by atoms with Gasteiger partial charge in [0.15, 0.2) is 11.2 Å². The van der Waals surface area contributed by atoms with Crippen molar-refractivity contribution in [2.24, 2.45) is 0 Å². The predicted molar refractivity (Wildman–Crippen MR) is 62.3 cm³/mol. The molecule has 0 saturated carbocycles. The number of aromatic nitrogens is 1. The van der Waals surface area contributed by atoms with Crippen molar-refractivity contribution in [3.63, 3.8) is 0 Å². The number of fused-ring (bicyclic) bond motifs is 1. The molecule has 0 unspecified atom stereocenters. The first kappa shape index (κ1) is 10.1. The molecule has 0 spiro atoms. The summed E-state index contributed by atoms with van der Waals surface area (Å²) in [7, 11) is 0. The second kappa shape index (κ2) is 3.62. The highest BCUT2D eigenvalue weighted by Gasteiger charge is 2.10. The number of hydrogen-bond donors (Lipinski definition) is 1. The van der Waals surface area contributed by atoms with E-state index in [1.54, 1.807) is 18.3 Å². The van der Waals surface area contributed by atoms with Gasteiger partial charge in [-0.2, -0.15) is 0 Å². The van der Waals surface area contributed by atoms with Gasteiger partial charge in [-0.05, 0) is 35.0 Å². The van der Waals surface area contributed by atoms with E-state index >= 15 is 0 Å². The Kier molecular flexibility index (Phi) is 2.44. The summed E-state index contributed by atoms with van der Waals surface area (Å²) in [6.45, 7) is 1.45. The Hall–Kier alpha value is -1.42. The van der Waals surface area contributed by atoms with Crippen molar-refractivity contribution in [2.45, 2.75) is 6.92 Å². The smallest absolute Gasteiger partial charge is 0.190 e. The number of H-pyrrole nitrogens is 1. The maximum atomic E-state index is 11.7. The number of Topliss-reactive ketones (excluding diaryl/α,β-unsaturated/α-hetero) is 1. The van der Waals surface area contributed by atoms with Crippen molar-refractivity contribution in [3.05, 3.63) is 44.7 Å². The molecule has 0 fully saturated rings. The normalized spacial score (nSPS) is 10.5. The van der Waals surface area contributed by atoms with Crippen molar-refractivity contribution >= 4 is 32.6 Å². The number of aromatic amines is 1. The molecule has 3 nitrogen and oxygen atoms in total. The van der Waals surface area contributed by atoms with E-state index in [1.165, 1.54) is 13.0 Å². The van der Waals surface area contributed by atoms with E-state index in [4.69, 9.17) is 0 Å². The highest BCUT2D eigenvalue weighted by molar-refractivity contribution is 9.10. The topological polar surface area (TPSA) is 49.9 Å². The van der Waals surface area contributed by atoms with Crippen LogP contribution in [0.1, 0.15) is 17.3 Å². The summed E-state index contributed by atoms with van der Waals surface area (Å²) in [4.78, 5) is 26.0. The van der Waals surface area contributed by atoms with E-state index < -0.39 is 0 Å². The molecule has 1 heterocycles. The monoisotopic (exact) mass is 265 g/mol. The molecule has 2 aromatic rings. The molecule has 15 heavy (non-hydrogen) atoms. The largest absolute Gasteiger partial charge is 0.360 e. The second-order valence-corrected chi connectivity index (χ2v) is 4.10. The van der Waals surface area contributed by atoms with Crippen molar-refractivity contribution < 1.29 is 4.79 Å². The van der Waals surface area contributed by atoms with Crippen LogP contribution in [0.5, 0.6) is 0 Å². The average molecular weight is 266 g/mol. The number of hydrogen-bond acceptors (Lipinski definition) is 2. The molecule has 0 bridgehead atoms. The van der Waals surface area contributed by atoms with Crippen molar-refractivity contribution in [1.82, 2.24) is 4.98 Å². The van der Waals surface area contributed by atoms with Crippen LogP contribution in [0.3, 0.4) is 0 Å². The van der Waals surface area contributed by atoms with Gasteiger partial charge in [0.1, 0.15) is 0 Å². The molecule has 4 heteroatoms. The second-order valence-electron chi connectivity index (χ2n) is 3.24. The van der Waals surface area contributed by atoms with Gasteiger partial charge in [-0.25, -0.2) is 0 Å². The van der Waals surface area contributed by atoms with E-state index in [9.17, 15) is 9.59 Å². The molecule has 2 rings (SSSR count). The summed E-state index contributed by atoms with van der Waals surface area (Å²) in [5, 5.41) is 0.444. The summed E-state index contributed by atoms with van der Waals surface area (Å²) in [6.07, 6.45) is 1.57. The number of carbonyl (C=O) groups excluding carboxylic acids is 1. The quantitative estimate of drug-likeness (QED) is 0.806. The predicted octanol–water partition coefficient (Wildman–Crippen LogP) is 2.49. The summed E-state index contributed by atoms with van der Waals surface area (Å²) in [5.41, 5.74) is 0.973. The molecule has 0 radical (unpaired) electrons. The van der Waals surface area contributed by atoms with Crippen LogP contribution in [0.25, 0.3) is 10.9 Å². The number of rotatable bonds is 1. The Morgan fingerprint density at radius 3 is 2.73 bits per heavy atom. The molecule has 1 N–H and O–H groups in total. The molecule has 0 aliphatic carbocycles. The number of pyridine rings is 1. The van der Waals surface area contributed by atoms with Gasteiger partial charge in [-0.1, -0.05) is 0 Å². The summed E-state index contributed by atoms with van der Waals surface area (Å²) in [6, 6.07) is 4.83. The fourth-order valence-electron chi connectivity index (χ4n) is 1.55. The Bertz CT molecular complexity index is 601. The van der Waals surface area contributed by atoms with Gasteiger partial charge in [0.2, 0.25) is 0 Å². The summed E-state index contributed by atoms with van der Waals surface area (Å²) >= 11 is 3.33. The highest BCUT2D eigenvalue weighted by atomic mass is 79.9. The van der Waals surface area contributed by atoms with Gasteiger partial charge >= 0.3 is 0 Å². The van der Waals surface area contributed by atoms with Crippen LogP contribution in [-0.2, 0) is 0 Å². The minimum atomic E-state index is -0.143. The first-order valence-electron chi connectivity index (χ1n) is 4.42. The van der Waals surface area contributed by atoms with E-state index in [1.807, 2.05) is 0 Å². The number of benzene rings is 1. The van der Waals surface area contributed by atoms with Crippen LogP contribution in [0.2, 0.25) is 0 Å². The highest BCUT2D eigenvalue weighted by Crippen LogP contribution is 2.22. The van der Waals surface area contributed by atoms with Crippen molar-refractivity contribution in [2.75, 3.05) is 0 Å². The van der Waals surface area contributed by atoms with E-state index in [0.29, 0.717) is 16.5 Å². The number of carbonyl (C=O) groups is 1. The molecule has 0 atom stereocenters. The van der Waals surface area contributed by atoms with Gasteiger partial charge in [0.25, 0.3) is 0 Å². The molecule has 1 aromatic carbocycles. The van der Waals surface area contributed by atoms with Gasteiger partial charge in [-0.3, -0.25) is 9.59 Å². The maximum absolute atomic E-state index is 11.7. The Labute approximate surface area is 94.3 Å². The fourth-order valence-corrected chi connectivity index (χ4v) is 2.00. The first-order chi connectivity index (χ1) is 7.11. The molecule has 0 aliphatic heterocycles. The van der Waals surface area contributed by atoms with Gasteiger partial charge in [0.05, 0.1) is 10.9 Å². The lowest BCUT2D eigenvalue weighted by molar-refractivity contribution is 0.101. The Balaban J connectivity index is 3.03. The number of halogens is 1. The van der Waals surface area contributed by atoms with Gasteiger partial charge < -0.3 is 4.98 Å². The molecular weight excluding hydrogens is 258 g/mol. The van der Waals surface area contributed by atoms with Gasteiger partial charge in [-0.15, -0.1) is 0 Å². The van der Waals surface area contributed by atoms with Crippen LogP contribution in [0.4, 0.5) is 0 Å². The Morgan fingerprint density at radius 2 is 2.07 bits per heavy atom. The average Bonchev–Trinajstić information content (AvgIpc) is 2.19. The SMILES string of the molecule is CC(=O)c1ccc(Br)c2[nH]ccc(=O)c12. The van der Waals surface area contributed by atoms with E-state index in [2.05, 4.69) is 20.9 Å². The molecule has 1 aromatic heterocycles. The molecule has 0 aliphatic rings. The van der Waals surface area contributed by atoms with E-state index in [-0.39, 0.29) is 11.2 Å². The molecule has 0 amide bonds. The van der Waals surface area contributed by atoms with E-state index in [0.717, 1.165) is 4.47 Å². The summed E-state index contributed by atoms with van der Waals surface area (Å²) < 4.78 is 0.778. The number of ketones is 1. The van der Waals surface area contributed by atoms with Crippen LogP contribution in [0.15, 0.2) is 33.7 Å². The van der Waals surface area contributed by atoms with Crippen LogP contribution < -0.4 is 5.43 Å².